The second kappa shape index (κ2) is 7.51. The summed E-state index contributed by atoms with van der Waals surface area (Å²) in [5, 5.41) is 6.93. The molecule has 142 valence electrons. The number of furan rings is 1. The van der Waals surface area contributed by atoms with Gasteiger partial charge in [0.05, 0.1) is 5.69 Å². The maximum Gasteiger partial charge on any atom is 0.287 e. The van der Waals surface area contributed by atoms with E-state index < -0.39 is 0 Å². The van der Waals surface area contributed by atoms with Crippen LogP contribution in [-0.4, -0.2) is 38.5 Å². The molecule has 4 aromatic rings. The molecule has 3 heterocycles. The van der Waals surface area contributed by atoms with Crippen LogP contribution in [0.25, 0.3) is 16.8 Å². The number of imidazole rings is 1. The fourth-order valence-electron chi connectivity index (χ4n) is 2.85. The molecule has 0 atom stereocenters. The summed E-state index contributed by atoms with van der Waals surface area (Å²) in [7, 11) is 0. The number of rotatable bonds is 6. The van der Waals surface area contributed by atoms with Crippen molar-refractivity contribution < 1.29 is 9.21 Å². The van der Waals surface area contributed by atoms with Crippen LogP contribution in [0.5, 0.6) is 0 Å². The van der Waals surface area contributed by atoms with Crippen LogP contribution in [0.1, 0.15) is 21.9 Å². The Bertz CT molecular complexity index is 1100. The molecule has 3 aromatic heterocycles. The standard InChI is InChI=1S/C20H20N6O2/c1-13-14(2)26(12-25-13)19-10-18(23-11-24-19)21-7-8-22-20(27)17-9-15-5-3-4-6-16(15)28-17/h3-6,9-12H,7-8H2,1-2H3,(H,22,27)(H,21,23,24). The molecule has 0 bridgehead atoms. The average molecular weight is 376 g/mol. The van der Waals surface area contributed by atoms with Gasteiger partial charge < -0.3 is 15.1 Å². The number of aryl methyl sites for hydroxylation is 1. The van der Waals surface area contributed by atoms with Gasteiger partial charge >= 0.3 is 0 Å². The lowest BCUT2D eigenvalue weighted by molar-refractivity contribution is 0.0929. The van der Waals surface area contributed by atoms with Crippen molar-refractivity contribution in [3.63, 3.8) is 0 Å². The molecule has 0 saturated carbocycles. The molecule has 1 amide bonds. The average Bonchev–Trinajstić information content (AvgIpc) is 3.29. The normalized spacial score (nSPS) is 10.9. The van der Waals surface area contributed by atoms with Crippen LogP contribution in [0.3, 0.4) is 0 Å². The maximum absolute atomic E-state index is 12.2. The van der Waals surface area contributed by atoms with Crippen molar-refractivity contribution in [2.24, 2.45) is 0 Å². The van der Waals surface area contributed by atoms with Crippen molar-refractivity contribution in [3.05, 3.63) is 66.2 Å². The molecule has 0 fully saturated rings. The minimum Gasteiger partial charge on any atom is -0.451 e. The Morgan fingerprint density at radius 1 is 1.11 bits per heavy atom. The monoisotopic (exact) mass is 376 g/mol. The van der Waals surface area contributed by atoms with Gasteiger partial charge in [0.1, 0.15) is 29.9 Å². The maximum atomic E-state index is 12.2. The Balaban J connectivity index is 1.33. The molecule has 28 heavy (non-hydrogen) atoms. The number of benzene rings is 1. The Hall–Kier alpha value is -3.68. The van der Waals surface area contributed by atoms with Gasteiger partial charge in [-0.2, -0.15) is 0 Å². The molecular weight excluding hydrogens is 356 g/mol. The zero-order valence-electron chi connectivity index (χ0n) is 15.6. The number of carbonyl (C=O) groups excluding carboxylic acids is 1. The van der Waals surface area contributed by atoms with Gasteiger partial charge in [-0.25, -0.2) is 15.0 Å². The van der Waals surface area contributed by atoms with Crippen LogP contribution in [0, 0.1) is 13.8 Å². The first-order valence-corrected chi connectivity index (χ1v) is 8.95. The van der Waals surface area contributed by atoms with E-state index in [2.05, 4.69) is 25.6 Å². The fourth-order valence-corrected chi connectivity index (χ4v) is 2.85. The highest BCUT2D eigenvalue weighted by atomic mass is 16.3. The molecule has 4 rings (SSSR count). The summed E-state index contributed by atoms with van der Waals surface area (Å²) in [5.41, 5.74) is 2.69. The van der Waals surface area contributed by atoms with E-state index in [1.54, 1.807) is 12.4 Å². The second-order valence-electron chi connectivity index (χ2n) is 6.38. The zero-order chi connectivity index (χ0) is 19.5. The Labute approximate surface area is 161 Å². The van der Waals surface area contributed by atoms with Crippen molar-refractivity contribution in [3.8, 4) is 5.82 Å². The smallest absolute Gasteiger partial charge is 0.287 e. The minimum atomic E-state index is -0.245. The Kier molecular flexibility index (Phi) is 4.76. The van der Waals surface area contributed by atoms with E-state index in [0.29, 0.717) is 30.3 Å². The number of anilines is 1. The Morgan fingerprint density at radius 3 is 2.75 bits per heavy atom. The van der Waals surface area contributed by atoms with Crippen molar-refractivity contribution in [1.29, 1.82) is 0 Å². The van der Waals surface area contributed by atoms with Crippen LogP contribution in [0.4, 0.5) is 5.82 Å². The number of nitrogens with one attached hydrogen (secondary N) is 2. The number of nitrogens with zero attached hydrogens (tertiary/aromatic N) is 4. The SMILES string of the molecule is Cc1ncn(-c2cc(NCCNC(=O)c3cc4ccccc4o3)ncn2)c1C. The van der Waals surface area contributed by atoms with E-state index in [1.807, 2.05) is 48.7 Å². The summed E-state index contributed by atoms with van der Waals surface area (Å²) in [5.74, 6) is 1.47. The number of aromatic nitrogens is 4. The van der Waals surface area contributed by atoms with Crippen molar-refractivity contribution in [2.45, 2.75) is 13.8 Å². The van der Waals surface area contributed by atoms with E-state index in [0.717, 1.165) is 22.6 Å². The molecule has 0 aliphatic carbocycles. The van der Waals surface area contributed by atoms with Gasteiger partial charge in [-0.1, -0.05) is 18.2 Å². The molecular formula is C20H20N6O2. The van der Waals surface area contributed by atoms with Gasteiger partial charge in [-0.05, 0) is 26.0 Å². The van der Waals surface area contributed by atoms with E-state index in [1.165, 1.54) is 6.33 Å². The summed E-state index contributed by atoms with van der Waals surface area (Å²) >= 11 is 0. The number of fused-ring (bicyclic) bond motifs is 1. The van der Waals surface area contributed by atoms with E-state index >= 15 is 0 Å². The van der Waals surface area contributed by atoms with Crippen LogP contribution in [0.2, 0.25) is 0 Å². The first-order valence-electron chi connectivity index (χ1n) is 8.95. The predicted octanol–water partition coefficient (Wildman–Crippen LogP) is 2.87. The summed E-state index contributed by atoms with van der Waals surface area (Å²) < 4.78 is 7.47. The van der Waals surface area contributed by atoms with Crippen LogP contribution >= 0.6 is 0 Å². The van der Waals surface area contributed by atoms with Gasteiger partial charge in [-0.3, -0.25) is 9.36 Å². The number of carbonyl (C=O) groups is 1. The number of hydrogen-bond donors (Lipinski definition) is 2. The third-order valence-corrected chi connectivity index (χ3v) is 4.52. The molecule has 0 unspecified atom stereocenters. The number of amides is 1. The lowest BCUT2D eigenvalue weighted by Crippen LogP contribution is -2.28. The zero-order valence-corrected chi connectivity index (χ0v) is 15.6. The second-order valence-corrected chi connectivity index (χ2v) is 6.38. The van der Waals surface area contributed by atoms with E-state index in [4.69, 9.17) is 4.42 Å². The quantitative estimate of drug-likeness (QED) is 0.502. The molecule has 8 nitrogen and oxygen atoms in total. The molecule has 0 spiro atoms. The van der Waals surface area contributed by atoms with Gasteiger partial charge in [0.25, 0.3) is 5.91 Å². The summed E-state index contributed by atoms with van der Waals surface area (Å²) in [6.45, 7) is 4.89. The molecule has 8 heteroatoms. The summed E-state index contributed by atoms with van der Waals surface area (Å²) in [6.07, 6.45) is 3.24. The number of hydrogen-bond acceptors (Lipinski definition) is 6. The number of para-hydroxylation sites is 1. The summed E-state index contributed by atoms with van der Waals surface area (Å²) in [6, 6.07) is 11.1. The van der Waals surface area contributed by atoms with E-state index in [-0.39, 0.29) is 5.91 Å². The Morgan fingerprint density at radius 2 is 1.96 bits per heavy atom. The molecule has 0 saturated heterocycles. The fraction of sp³-hybridized carbons (Fsp3) is 0.200. The molecule has 0 aliphatic rings. The minimum absolute atomic E-state index is 0.245. The highest BCUT2D eigenvalue weighted by Gasteiger charge is 2.11. The third kappa shape index (κ3) is 3.57. The van der Waals surface area contributed by atoms with Gasteiger partial charge in [-0.15, -0.1) is 0 Å². The molecule has 2 N–H and O–H groups in total. The van der Waals surface area contributed by atoms with Crippen LogP contribution < -0.4 is 10.6 Å². The van der Waals surface area contributed by atoms with Crippen LogP contribution in [0.15, 0.2) is 53.5 Å². The topological polar surface area (TPSA) is 97.9 Å². The van der Waals surface area contributed by atoms with Crippen molar-refractivity contribution >= 4 is 22.7 Å². The van der Waals surface area contributed by atoms with Crippen molar-refractivity contribution in [1.82, 2.24) is 24.8 Å². The van der Waals surface area contributed by atoms with Gasteiger partial charge in [0.2, 0.25) is 0 Å². The van der Waals surface area contributed by atoms with E-state index in [9.17, 15) is 4.79 Å². The summed E-state index contributed by atoms with van der Waals surface area (Å²) in [4.78, 5) is 25.0. The highest BCUT2D eigenvalue weighted by molar-refractivity contribution is 5.96. The van der Waals surface area contributed by atoms with Gasteiger partial charge in [0.15, 0.2) is 5.76 Å². The highest BCUT2D eigenvalue weighted by Crippen LogP contribution is 2.18. The lowest BCUT2D eigenvalue weighted by atomic mass is 10.2. The largest absolute Gasteiger partial charge is 0.451 e. The molecule has 1 aromatic carbocycles. The van der Waals surface area contributed by atoms with Crippen LogP contribution in [-0.2, 0) is 0 Å². The van der Waals surface area contributed by atoms with Crippen molar-refractivity contribution in [2.75, 3.05) is 18.4 Å². The molecule has 0 aliphatic heterocycles. The first-order chi connectivity index (χ1) is 13.6. The third-order valence-electron chi connectivity index (χ3n) is 4.52. The van der Waals surface area contributed by atoms with Gasteiger partial charge in [0, 0.05) is 30.2 Å². The predicted molar refractivity (Wildman–Crippen MR) is 106 cm³/mol. The molecule has 0 radical (unpaired) electrons. The lowest BCUT2D eigenvalue weighted by Gasteiger charge is -2.09. The first kappa shape index (κ1) is 17.7.